The standard InChI is InChI=1S/C20H26O4/c1-12-9-13(2)16(14(3)10-12)17-18(21)20(24-19(17)22)7-5-15(6-8-20)11-23-4/h9-10,15,17H,5-8,11H2,1-4H3. The first-order valence-corrected chi connectivity index (χ1v) is 8.72. The highest BCUT2D eigenvalue weighted by atomic mass is 16.6. The van der Waals surface area contributed by atoms with Crippen LogP contribution in [0.1, 0.15) is 53.9 Å². The van der Waals surface area contributed by atoms with Crippen molar-refractivity contribution in [2.45, 2.75) is 58.0 Å². The number of hydrogen-bond donors (Lipinski definition) is 0. The molecule has 130 valence electrons. The summed E-state index contributed by atoms with van der Waals surface area (Å²) >= 11 is 0. The number of Topliss-reactive ketones (excluding diaryl/α,β-unsaturated/α-hetero) is 1. The van der Waals surface area contributed by atoms with E-state index in [1.165, 1.54) is 0 Å². The van der Waals surface area contributed by atoms with Crippen LogP contribution in [0.25, 0.3) is 0 Å². The molecule has 1 saturated carbocycles. The topological polar surface area (TPSA) is 52.6 Å². The fraction of sp³-hybridized carbons (Fsp3) is 0.600. The molecule has 1 atom stereocenters. The second kappa shape index (κ2) is 6.32. The molecule has 1 aromatic carbocycles. The van der Waals surface area contributed by atoms with Gasteiger partial charge in [-0.2, -0.15) is 0 Å². The number of ketones is 1. The molecule has 1 spiro atoms. The highest BCUT2D eigenvalue weighted by Crippen LogP contribution is 2.45. The molecular formula is C20H26O4. The van der Waals surface area contributed by atoms with Gasteiger partial charge in [0.15, 0.2) is 11.4 Å². The molecule has 3 rings (SSSR count). The van der Waals surface area contributed by atoms with E-state index >= 15 is 0 Å². The highest BCUT2D eigenvalue weighted by molar-refractivity contribution is 6.14. The molecule has 1 unspecified atom stereocenters. The SMILES string of the molecule is COCC1CCC2(CC1)OC(=O)C(c1c(C)cc(C)cc1C)C2=O. The predicted molar refractivity (Wildman–Crippen MR) is 91.1 cm³/mol. The van der Waals surface area contributed by atoms with Crippen LogP contribution >= 0.6 is 0 Å². The van der Waals surface area contributed by atoms with Gasteiger partial charge >= 0.3 is 5.97 Å². The van der Waals surface area contributed by atoms with Gasteiger partial charge in [0.2, 0.25) is 0 Å². The molecule has 4 heteroatoms. The number of carbonyl (C=O) groups excluding carboxylic acids is 2. The van der Waals surface area contributed by atoms with E-state index in [0.717, 1.165) is 35.1 Å². The normalized spacial score (nSPS) is 30.0. The van der Waals surface area contributed by atoms with Gasteiger partial charge in [0.25, 0.3) is 0 Å². The number of methoxy groups -OCH3 is 1. The zero-order valence-corrected chi connectivity index (χ0v) is 15.0. The smallest absolute Gasteiger partial charge is 0.322 e. The lowest BCUT2D eigenvalue weighted by atomic mass is 9.73. The molecule has 1 aliphatic carbocycles. The van der Waals surface area contributed by atoms with Gasteiger partial charge in [0, 0.05) is 13.7 Å². The largest absolute Gasteiger partial charge is 0.450 e. The van der Waals surface area contributed by atoms with Gasteiger partial charge in [-0.15, -0.1) is 0 Å². The van der Waals surface area contributed by atoms with Crippen LogP contribution in [0.4, 0.5) is 0 Å². The fourth-order valence-electron chi connectivity index (χ4n) is 4.46. The number of hydrogen-bond acceptors (Lipinski definition) is 4. The molecule has 2 fully saturated rings. The van der Waals surface area contributed by atoms with Crippen LogP contribution in [0.15, 0.2) is 12.1 Å². The maximum atomic E-state index is 13.2. The van der Waals surface area contributed by atoms with Crippen LogP contribution in [-0.4, -0.2) is 31.1 Å². The molecule has 0 N–H and O–H groups in total. The average Bonchev–Trinajstić information content (AvgIpc) is 2.74. The van der Waals surface area contributed by atoms with Gasteiger partial charge in [-0.3, -0.25) is 9.59 Å². The van der Waals surface area contributed by atoms with Crippen LogP contribution in [-0.2, 0) is 19.1 Å². The quantitative estimate of drug-likeness (QED) is 0.630. The number of benzene rings is 1. The van der Waals surface area contributed by atoms with Crippen molar-refractivity contribution in [3.05, 3.63) is 34.4 Å². The van der Waals surface area contributed by atoms with Crippen LogP contribution in [0, 0.1) is 26.7 Å². The van der Waals surface area contributed by atoms with E-state index < -0.39 is 11.5 Å². The van der Waals surface area contributed by atoms with Gasteiger partial charge in [0.05, 0.1) is 0 Å². The van der Waals surface area contributed by atoms with E-state index in [9.17, 15) is 9.59 Å². The minimum atomic E-state index is -0.907. The summed E-state index contributed by atoms with van der Waals surface area (Å²) < 4.78 is 10.9. The predicted octanol–water partition coefficient (Wildman–Crippen LogP) is 3.40. The Kier molecular flexibility index (Phi) is 4.52. The number of esters is 1. The third-order valence-electron chi connectivity index (χ3n) is 5.58. The fourth-order valence-corrected chi connectivity index (χ4v) is 4.46. The molecule has 1 aromatic rings. The van der Waals surface area contributed by atoms with Gasteiger partial charge in [-0.1, -0.05) is 17.7 Å². The van der Waals surface area contributed by atoms with Crippen molar-refractivity contribution in [2.24, 2.45) is 5.92 Å². The highest BCUT2D eigenvalue weighted by Gasteiger charge is 2.57. The Morgan fingerprint density at radius 3 is 2.25 bits per heavy atom. The average molecular weight is 330 g/mol. The lowest BCUT2D eigenvalue weighted by Crippen LogP contribution is -2.41. The summed E-state index contributed by atoms with van der Waals surface area (Å²) in [5.41, 5.74) is 3.06. The molecule has 2 aliphatic rings. The second-order valence-corrected chi connectivity index (χ2v) is 7.42. The van der Waals surface area contributed by atoms with Crippen molar-refractivity contribution in [3.63, 3.8) is 0 Å². The Labute approximate surface area is 143 Å². The number of carbonyl (C=O) groups is 2. The van der Waals surface area contributed by atoms with Crippen LogP contribution in [0.5, 0.6) is 0 Å². The van der Waals surface area contributed by atoms with E-state index in [2.05, 4.69) is 0 Å². The first-order chi connectivity index (χ1) is 11.4. The maximum Gasteiger partial charge on any atom is 0.322 e. The Hall–Kier alpha value is -1.68. The summed E-state index contributed by atoms with van der Waals surface area (Å²) in [6.45, 7) is 6.67. The van der Waals surface area contributed by atoms with E-state index in [1.807, 2.05) is 32.9 Å². The van der Waals surface area contributed by atoms with Crippen LogP contribution in [0.2, 0.25) is 0 Å². The summed E-state index contributed by atoms with van der Waals surface area (Å²) in [6, 6.07) is 4.06. The summed E-state index contributed by atoms with van der Waals surface area (Å²) in [6.07, 6.45) is 2.97. The van der Waals surface area contributed by atoms with E-state index in [1.54, 1.807) is 7.11 Å². The van der Waals surface area contributed by atoms with Crippen molar-refractivity contribution >= 4 is 11.8 Å². The van der Waals surface area contributed by atoms with Crippen molar-refractivity contribution in [2.75, 3.05) is 13.7 Å². The minimum absolute atomic E-state index is 0.0431. The van der Waals surface area contributed by atoms with Crippen LogP contribution < -0.4 is 0 Å². The Balaban J connectivity index is 1.88. The van der Waals surface area contributed by atoms with Gasteiger partial charge in [-0.05, 0) is 69.1 Å². The first kappa shape index (κ1) is 17.2. The Morgan fingerprint density at radius 2 is 1.71 bits per heavy atom. The van der Waals surface area contributed by atoms with Crippen LogP contribution in [0.3, 0.4) is 0 Å². The molecule has 1 heterocycles. The zero-order valence-electron chi connectivity index (χ0n) is 15.0. The van der Waals surface area contributed by atoms with E-state index in [0.29, 0.717) is 25.4 Å². The zero-order chi connectivity index (χ0) is 17.5. The molecule has 4 nitrogen and oxygen atoms in total. The summed E-state index contributed by atoms with van der Waals surface area (Å²) in [4.78, 5) is 25.8. The number of aryl methyl sites for hydroxylation is 3. The van der Waals surface area contributed by atoms with Crippen molar-refractivity contribution < 1.29 is 19.1 Å². The third-order valence-corrected chi connectivity index (χ3v) is 5.58. The third kappa shape index (κ3) is 2.77. The van der Waals surface area contributed by atoms with Gasteiger partial charge < -0.3 is 9.47 Å². The Bertz CT molecular complexity index is 645. The monoisotopic (exact) mass is 330 g/mol. The number of rotatable bonds is 3. The maximum absolute atomic E-state index is 13.2. The second-order valence-electron chi connectivity index (χ2n) is 7.42. The minimum Gasteiger partial charge on any atom is -0.450 e. The lowest BCUT2D eigenvalue weighted by molar-refractivity contribution is -0.156. The van der Waals surface area contributed by atoms with Crippen molar-refractivity contribution in [3.8, 4) is 0 Å². The molecular weight excluding hydrogens is 304 g/mol. The van der Waals surface area contributed by atoms with Crippen molar-refractivity contribution in [1.82, 2.24) is 0 Å². The summed E-state index contributed by atoms with van der Waals surface area (Å²) in [5.74, 6) is -0.725. The molecule has 0 aromatic heterocycles. The summed E-state index contributed by atoms with van der Waals surface area (Å²) in [5, 5.41) is 0. The van der Waals surface area contributed by atoms with Crippen molar-refractivity contribution in [1.29, 1.82) is 0 Å². The number of ether oxygens (including phenoxy) is 2. The van der Waals surface area contributed by atoms with Gasteiger partial charge in [0.1, 0.15) is 5.92 Å². The molecule has 1 saturated heterocycles. The van der Waals surface area contributed by atoms with Gasteiger partial charge in [-0.25, -0.2) is 0 Å². The lowest BCUT2D eigenvalue weighted by Gasteiger charge is -2.34. The molecule has 0 bridgehead atoms. The molecule has 0 amide bonds. The van der Waals surface area contributed by atoms with E-state index in [4.69, 9.17) is 9.47 Å². The summed E-state index contributed by atoms with van der Waals surface area (Å²) in [7, 11) is 1.70. The Morgan fingerprint density at radius 1 is 1.12 bits per heavy atom. The molecule has 0 radical (unpaired) electrons. The molecule has 24 heavy (non-hydrogen) atoms. The first-order valence-electron chi connectivity index (χ1n) is 8.72. The van der Waals surface area contributed by atoms with E-state index in [-0.39, 0.29) is 11.8 Å². The molecule has 1 aliphatic heterocycles.